The molecule has 162 valence electrons. The second-order valence-corrected chi connectivity index (χ2v) is 9.69. The molecule has 0 saturated heterocycles. The number of aromatic nitrogens is 4. The second kappa shape index (κ2) is 6.10. The summed E-state index contributed by atoms with van der Waals surface area (Å²) in [5, 5.41) is 3.29. The summed E-state index contributed by atoms with van der Waals surface area (Å²) in [5.74, 6) is 0. The van der Waals surface area contributed by atoms with Crippen molar-refractivity contribution in [2.24, 2.45) is 0 Å². The maximum Gasteiger partial charge on any atom is 0.146 e. The molecule has 35 heavy (non-hydrogen) atoms. The van der Waals surface area contributed by atoms with E-state index >= 15 is 0 Å². The maximum absolute atomic E-state index is 5.17. The summed E-state index contributed by atoms with van der Waals surface area (Å²) in [6, 6.07) is 22.2. The third-order valence-corrected chi connectivity index (χ3v) is 8.00. The van der Waals surface area contributed by atoms with Crippen LogP contribution in [0.2, 0.25) is 0 Å². The van der Waals surface area contributed by atoms with Crippen LogP contribution in [0.5, 0.6) is 0 Å². The summed E-state index contributed by atoms with van der Waals surface area (Å²) in [6.45, 7) is 0. The first-order valence-corrected chi connectivity index (χ1v) is 12.0. The first kappa shape index (κ1) is 17.8. The van der Waals surface area contributed by atoms with Crippen molar-refractivity contribution in [2.45, 2.75) is 12.8 Å². The molecule has 4 heterocycles. The molecule has 4 nitrogen and oxygen atoms in total. The molecule has 4 aromatic heterocycles. The van der Waals surface area contributed by atoms with E-state index in [9.17, 15) is 0 Å². The number of fused-ring (bicyclic) bond motifs is 16. The summed E-state index contributed by atoms with van der Waals surface area (Å²) in [4.78, 5) is 14.0. The lowest BCUT2D eigenvalue weighted by molar-refractivity contribution is 1.23. The summed E-state index contributed by atoms with van der Waals surface area (Å²) < 4.78 is 2.35. The molecule has 0 unspecified atom stereocenters. The van der Waals surface area contributed by atoms with E-state index in [1.165, 1.54) is 50.0 Å². The largest absolute Gasteiger partial charge is 0.291 e. The van der Waals surface area contributed by atoms with Crippen molar-refractivity contribution in [3.63, 3.8) is 0 Å². The van der Waals surface area contributed by atoms with Crippen molar-refractivity contribution < 1.29 is 0 Å². The Morgan fingerprint density at radius 2 is 1.46 bits per heavy atom. The second-order valence-electron chi connectivity index (χ2n) is 9.69. The van der Waals surface area contributed by atoms with Crippen LogP contribution < -0.4 is 0 Å². The normalized spacial score (nSPS) is 13.5. The standard InChI is InChI=1S/C31H18N4/c1-2-4-20-17(3-1)13-18-5-7-21-23(28(18)20)14-19-6-8-26-30(29(19)21)35-27-10-12-33-16-25(27)24-15-32-11-9-22(24)31(35)34-26/h1-12,15-16H,13-14H2. The molecule has 0 N–H and O–H groups in total. The van der Waals surface area contributed by atoms with Gasteiger partial charge in [0.1, 0.15) is 5.65 Å². The van der Waals surface area contributed by atoms with Gasteiger partial charge in [0.25, 0.3) is 0 Å². The van der Waals surface area contributed by atoms with Crippen molar-refractivity contribution >= 4 is 38.4 Å². The highest BCUT2D eigenvalue weighted by Gasteiger charge is 2.30. The van der Waals surface area contributed by atoms with E-state index in [4.69, 9.17) is 4.98 Å². The van der Waals surface area contributed by atoms with Gasteiger partial charge in [0, 0.05) is 46.5 Å². The first-order valence-electron chi connectivity index (χ1n) is 12.0. The minimum Gasteiger partial charge on any atom is -0.291 e. The van der Waals surface area contributed by atoms with Crippen LogP contribution in [0.15, 0.2) is 85.5 Å². The van der Waals surface area contributed by atoms with Gasteiger partial charge in [-0.25, -0.2) is 4.98 Å². The SMILES string of the molecule is c1ccc2c(c1)Cc1ccc3c(c1-2)Cc1ccc2nc4c5ccncc5c5cnccc5n4c2c1-3. The van der Waals surface area contributed by atoms with Crippen LogP contribution in [0.25, 0.3) is 60.6 Å². The first-order chi connectivity index (χ1) is 17.4. The molecular formula is C31H18N4. The molecule has 3 aromatic carbocycles. The molecule has 4 heteroatoms. The molecule has 9 rings (SSSR count). The van der Waals surface area contributed by atoms with E-state index in [0.29, 0.717) is 0 Å². The Kier molecular flexibility index (Phi) is 3.11. The van der Waals surface area contributed by atoms with Crippen LogP contribution in [0.4, 0.5) is 0 Å². The van der Waals surface area contributed by atoms with Gasteiger partial charge in [0.15, 0.2) is 0 Å². The van der Waals surface area contributed by atoms with Gasteiger partial charge in [-0.2, -0.15) is 0 Å². The van der Waals surface area contributed by atoms with E-state index in [1.807, 2.05) is 24.8 Å². The van der Waals surface area contributed by atoms with Gasteiger partial charge in [-0.1, -0.05) is 42.5 Å². The van der Waals surface area contributed by atoms with E-state index < -0.39 is 0 Å². The fourth-order valence-corrected chi connectivity index (χ4v) is 6.58. The fraction of sp³-hybridized carbons (Fsp3) is 0.0645. The smallest absolute Gasteiger partial charge is 0.146 e. The van der Waals surface area contributed by atoms with E-state index in [0.717, 1.165) is 45.7 Å². The zero-order valence-electron chi connectivity index (χ0n) is 18.8. The molecule has 2 aliphatic carbocycles. The minimum absolute atomic E-state index is 0.961. The summed E-state index contributed by atoms with van der Waals surface area (Å²) in [7, 11) is 0. The predicted molar refractivity (Wildman–Crippen MR) is 140 cm³/mol. The molecule has 0 bridgehead atoms. The van der Waals surface area contributed by atoms with Crippen LogP contribution in [0.1, 0.15) is 22.3 Å². The Labute approximate surface area is 200 Å². The lowest BCUT2D eigenvalue weighted by Crippen LogP contribution is -1.94. The molecular weight excluding hydrogens is 428 g/mol. The zero-order valence-corrected chi connectivity index (χ0v) is 18.8. The van der Waals surface area contributed by atoms with Crippen LogP contribution >= 0.6 is 0 Å². The molecule has 0 radical (unpaired) electrons. The van der Waals surface area contributed by atoms with Crippen LogP contribution in [0.3, 0.4) is 0 Å². The molecule has 0 saturated carbocycles. The quantitative estimate of drug-likeness (QED) is 0.243. The number of hydrogen-bond donors (Lipinski definition) is 0. The third kappa shape index (κ3) is 2.11. The molecule has 0 amide bonds. The Balaban J connectivity index is 1.47. The van der Waals surface area contributed by atoms with Crippen molar-refractivity contribution in [3.8, 4) is 22.3 Å². The molecule has 7 aromatic rings. The number of nitrogens with zero attached hydrogens (tertiary/aromatic N) is 4. The summed E-state index contributed by atoms with van der Waals surface area (Å²) in [6.07, 6.45) is 9.59. The Hall–Kier alpha value is -4.57. The Morgan fingerprint density at radius 3 is 2.43 bits per heavy atom. The third-order valence-electron chi connectivity index (χ3n) is 8.00. The van der Waals surface area contributed by atoms with Gasteiger partial charge >= 0.3 is 0 Å². The van der Waals surface area contributed by atoms with Crippen molar-refractivity contribution in [1.82, 2.24) is 19.4 Å². The number of benzene rings is 3. The van der Waals surface area contributed by atoms with Crippen molar-refractivity contribution in [1.29, 1.82) is 0 Å². The van der Waals surface area contributed by atoms with Gasteiger partial charge in [0.05, 0.1) is 16.6 Å². The van der Waals surface area contributed by atoms with Gasteiger partial charge in [-0.05, 0) is 70.0 Å². The topological polar surface area (TPSA) is 43.1 Å². The highest BCUT2D eigenvalue weighted by Crippen LogP contribution is 2.49. The monoisotopic (exact) mass is 446 g/mol. The average molecular weight is 447 g/mol. The number of rotatable bonds is 0. The molecule has 0 spiro atoms. The Bertz CT molecular complexity index is 2070. The van der Waals surface area contributed by atoms with Crippen molar-refractivity contribution in [3.05, 3.63) is 108 Å². The maximum atomic E-state index is 5.17. The van der Waals surface area contributed by atoms with Crippen LogP contribution in [0, 0.1) is 0 Å². The zero-order chi connectivity index (χ0) is 22.7. The predicted octanol–water partition coefficient (Wildman–Crippen LogP) is 6.73. The van der Waals surface area contributed by atoms with Gasteiger partial charge in [-0.3, -0.25) is 14.4 Å². The van der Waals surface area contributed by atoms with Gasteiger partial charge in [-0.15, -0.1) is 0 Å². The lowest BCUT2D eigenvalue weighted by atomic mass is 9.95. The number of imidazole rings is 1. The fourth-order valence-electron chi connectivity index (χ4n) is 6.58. The van der Waals surface area contributed by atoms with Crippen LogP contribution in [-0.4, -0.2) is 19.4 Å². The van der Waals surface area contributed by atoms with Crippen molar-refractivity contribution in [2.75, 3.05) is 0 Å². The van der Waals surface area contributed by atoms with E-state index in [2.05, 4.69) is 75.0 Å². The number of hydrogen-bond acceptors (Lipinski definition) is 3. The number of pyridine rings is 3. The van der Waals surface area contributed by atoms with E-state index in [-0.39, 0.29) is 0 Å². The highest BCUT2D eigenvalue weighted by atomic mass is 15.0. The van der Waals surface area contributed by atoms with Crippen LogP contribution in [-0.2, 0) is 12.8 Å². The summed E-state index contributed by atoms with van der Waals surface area (Å²) in [5.41, 5.74) is 15.5. The van der Waals surface area contributed by atoms with E-state index in [1.54, 1.807) is 0 Å². The highest BCUT2D eigenvalue weighted by molar-refractivity contribution is 6.15. The Morgan fingerprint density at radius 1 is 0.629 bits per heavy atom. The molecule has 2 aliphatic rings. The molecule has 0 atom stereocenters. The molecule has 0 fully saturated rings. The van der Waals surface area contributed by atoms with Gasteiger partial charge < -0.3 is 0 Å². The van der Waals surface area contributed by atoms with Gasteiger partial charge in [0.2, 0.25) is 0 Å². The average Bonchev–Trinajstić information content (AvgIpc) is 3.59. The summed E-state index contributed by atoms with van der Waals surface area (Å²) >= 11 is 0. The lowest BCUT2D eigenvalue weighted by Gasteiger charge is -2.11. The minimum atomic E-state index is 0.961. The molecule has 0 aliphatic heterocycles.